The van der Waals surface area contributed by atoms with Crippen molar-refractivity contribution in [2.45, 2.75) is 17.9 Å². The van der Waals surface area contributed by atoms with Gasteiger partial charge in [-0.05, 0) is 42.1 Å². The van der Waals surface area contributed by atoms with Crippen LogP contribution in [0.1, 0.15) is 16.5 Å². The molecule has 1 aliphatic heterocycles. The number of thiophene rings is 1. The minimum atomic E-state index is -3.69. The Hall–Kier alpha value is -1.32. The lowest BCUT2D eigenvalue weighted by molar-refractivity contribution is 0.0179. The third kappa shape index (κ3) is 4.45. The Labute approximate surface area is 151 Å². The van der Waals surface area contributed by atoms with Gasteiger partial charge >= 0.3 is 0 Å². The molecule has 8 heteroatoms. The van der Waals surface area contributed by atoms with Crippen molar-refractivity contribution in [3.63, 3.8) is 0 Å². The van der Waals surface area contributed by atoms with Crippen LogP contribution in [0.15, 0.2) is 40.6 Å². The molecule has 1 saturated heterocycles. The Morgan fingerprint density at radius 3 is 2.72 bits per heavy atom. The monoisotopic (exact) mass is 384 g/mol. The standard InChI is InChI=1S/C17H21FN2O3S2/c1-13-11-14(4-5-15(13)18)25(21,22)19-12-16(17-3-2-10-24-17)20-6-8-23-9-7-20/h2-5,10-11,16,19H,6-9,12H2,1H3. The fraction of sp³-hybridized carbons (Fsp3) is 0.412. The molecule has 136 valence electrons. The molecule has 0 bridgehead atoms. The first kappa shape index (κ1) is 18.5. The Kier molecular flexibility index (Phi) is 5.85. The van der Waals surface area contributed by atoms with Crippen LogP contribution in [0.2, 0.25) is 0 Å². The summed E-state index contributed by atoms with van der Waals surface area (Å²) in [4.78, 5) is 3.42. The maximum Gasteiger partial charge on any atom is 0.240 e. The van der Waals surface area contributed by atoms with E-state index >= 15 is 0 Å². The molecule has 0 saturated carbocycles. The van der Waals surface area contributed by atoms with Gasteiger partial charge in [-0.15, -0.1) is 11.3 Å². The van der Waals surface area contributed by atoms with Crippen molar-refractivity contribution in [3.8, 4) is 0 Å². The number of ether oxygens (including phenoxy) is 1. The molecular formula is C17H21FN2O3S2. The van der Waals surface area contributed by atoms with E-state index in [4.69, 9.17) is 4.74 Å². The Bertz CT molecular complexity index is 803. The van der Waals surface area contributed by atoms with Crippen LogP contribution in [0.5, 0.6) is 0 Å². The first-order valence-electron chi connectivity index (χ1n) is 8.08. The highest BCUT2D eigenvalue weighted by Gasteiger charge is 2.25. The Balaban J connectivity index is 1.76. The number of nitrogens with zero attached hydrogens (tertiary/aromatic N) is 1. The number of hydrogen-bond acceptors (Lipinski definition) is 5. The molecule has 2 aromatic rings. The van der Waals surface area contributed by atoms with Crippen LogP contribution in [-0.4, -0.2) is 46.2 Å². The second kappa shape index (κ2) is 7.92. The third-order valence-corrected chi connectivity index (χ3v) is 6.66. The van der Waals surface area contributed by atoms with Crippen LogP contribution in [0.4, 0.5) is 4.39 Å². The van der Waals surface area contributed by atoms with E-state index in [1.54, 1.807) is 18.3 Å². The summed E-state index contributed by atoms with van der Waals surface area (Å²) in [6.07, 6.45) is 0. The topological polar surface area (TPSA) is 58.6 Å². The quantitative estimate of drug-likeness (QED) is 0.832. The lowest BCUT2D eigenvalue weighted by atomic mass is 10.2. The van der Waals surface area contributed by atoms with E-state index in [1.165, 1.54) is 18.2 Å². The molecule has 0 aliphatic carbocycles. The molecule has 0 radical (unpaired) electrons. The summed E-state index contributed by atoms with van der Waals surface area (Å²) in [6, 6.07) is 7.77. The van der Waals surface area contributed by atoms with Crippen molar-refractivity contribution in [3.05, 3.63) is 52.0 Å². The van der Waals surface area contributed by atoms with Crippen molar-refractivity contribution in [2.24, 2.45) is 0 Å². The van der Waals surface area contributed by atoms with Crippen molar-refractivity contribution < 1.29 is 17.5 Å². The fourth-order valence-electron chi connectivity index (χ4n) is 2.84. The van der Waals surface area contributed by atoms with Gasteiger partial charge in [-0.25, -0.2) is 17.5 Å². The van der Waals surface area contributed by atoms with Gasteiger partial charge in [0.25, 0.3) is 0 Å². The van der Waals surface area contributed by atoms with Gasteiger partial charge in [0.2, 0.25) is 10.0 Å². The number of morpholine rings is 1. The molecule has 1 aliphatic rings. The smallest absolute Gasteiger partial charge is 0.240 e. The summed E-state index contributed by atoms with van der Waals surface area (Å²) < 4.78 is 46.6. The molecular weight excluding hydrogens is 363 g/mol. The summed E-state index contributed by atoms with van der Waals surface area (Å²) in [7, 11) is -3.69. The minimum absolute atomic E-state index is 0.0415. The van der Waals surface area contributed by atoms with Gasteiger partial charge < -0.3 is 4.74 Å². The minimum Gasteiger partial charge on any atom is -0.379 e. The molecule has 1 fully saturated rings. The average Bonchev–Trinajstić information content (AvgIpc) is 3.12. The molecule has 1 N–H and O–H groups in total. The molecule has 1 aromatic heterocycles. The average molecular weight is 384 g/mol. The van der Waals surface area contributed by atoms with E-state index in [1.807, 2.05) is 17.5 Å². The summed E-state index contributed by atoms with van der Waals surface area (Å²) in [6.45, 7) is 4.63. The molecule has 1 aromatic carbocycles. The lowest BCUT2D eigenvalue weighted by Crippen LogP contribution is -2.43. The molecule has 3 rings (SSSR count). The van der Waals surface area contributed by atoms with E-state index in [2.05, 4.69) is 9.62 Å². The van der Waals surface area contributed by atoms with E-state index in [0.29, 0.717) is 18.8 Å². The van der Waals surface area contributed by atoms with Gasteiger partial charge in [0.15, 0.2) is 0 Å². The number of halogens is 1. The maximum atomic E-state index is 13.4. The number of hydrogen-bond donors (Lipinski definition) is 1. The van der Waals surface area contributed by atoms with Gasteiger partial charge in [-0.1, -0.05) is 6.07 Å². The Morgan fingerprint density at radius 2 is 2.08 bits per heavy atom. The SMILES string of the molecule is Cc1cc(S(=O)(=O)NCC(c2cccs2)N2CCOCC2)ccc1F. The van der Waals surface area contributed by atoms with Gasteiger partial charge in [0, 0.05) is 24.5 Å². The van der Waals surface area contributed by atoms with Crippen LogP contribution < -0.4 is 4.72 Å². The van der Waals surface area contributed by atoms with E-state index in [-0.39, 0.29) is 17.5 Å². The summed E-state index contributed by atoms with van der Waals surface area (Å²) in [5, 5.41) is 1.99. The van der Waals surface area contributed by atoms with Gasteiger partial charge in [-0.2, -0.15) is 0 Å². The highest BCUT2D eigenvalue weighted by atomic mass is 32.2. The molecule has 2 heterocycles. The predicted octanol–water partition coefficient (Wildman–Crippen LogP) is 2.55. The van der Waals surface area contributed by atoms with Crippen molar-refractivity contribution >= 4 is 21.4 Å². The highest BCUT2D eigenvalue weighted by Crippen LogP contribution is 2.26. The van der Waals surface area contributed by atoms with Gasteiger partial charge in [0.05, 0.1) is 24.2 Å². The zero-order valence-electron chi connectivity index (χ0n) is 13.9. The third-order valence-electron chi connectivity index (χ3n) is 4.26. The number of aryl methyl sites for hydroxylation is 1. The molecule has 0 amide bonds. The summed E-state index contributed by atoms with van der Waals surface area (Å²) in [5.74, 6) is -0.413. The molecule has 1 unspecified atom stereocenters. The zero-order chi connectivity index (χ0) is 17.9. The normalized spacial score (nSPS) is 17.5. The van der Waals surface area contributed by atoms with Gasteiger partial charge in [0.1, 0.15) is 5.82 Å². The first-order valence-corrected chi connectivity index (χ1v) is 10.4. The van der Waals surface area contributed by atoms with Crippen LogP contribution >= 0.6 is 11.3 Å². The van der Waals surface area contributed by atoms with Crippen LogP contribution in [-0.2, 0) is 14.8 Å². The van der Waals surface area contributed by atoms with Crippen LogP contribution in [0, 0.1) is 12.7 Å². The van der Waals surface area contributed by atoms with Crippen molar-refractivity contribution in [2.75, 3.05) is 32.8 Å². The second-order valence-electron chi connectivity index (χ2n) is 5.94. The van der Waals surface area contributed by atoms with Crippen LogP contribution in [0.3, 0.4) is 0 Å². The molecule has 0 spiro atoms. The van der Waals surface area contributed by atoms with E-state index < -0.39 is 15.8 Å². The number of benzene rings is 1. The number of nitrogens with one attached hydrogen (secondary N) is 1. The Morgan fingerprint density at radius 1 is 1.32 bits per heavy atom. The van der Waals surface area contributed by atoms with Crippen molar-refractivity contribution in [1.82, 2.24) is 9.62 Å². The summed E-state index contributed by atoms with van der Waals surface area (Å²) >= 11 is 1.61. The zero-order valence-corrected chi connectivity index (χ0v) is 15.6. The molecule has 25 heavy (non-hydrogen) atoms. The fourth-order valence-corrected chi connectivity index (χ4v) is 4.82. The highest BCUT2D eigenvalue weighted by molar-refractivity contribution is 7.89. The lowest BCUT2D eigenvalue weighted by Gasteiger charge is -2.34. The summed E-state index contributed by atoms with van der Waals surface area (Å²) in [5.41, 5.74) is 0.311. The van der Waals surface area contributed by atoms with E-state index in [0.717, 1.165) is 18.0 Å². The molecule has 1 atom stereocenters. The van der Waals surface area contributed by atoms with E-state index in [9.17, 15) is 12.8 Å². The van der Waals surface area contributed by atoms with Crippen molar-refractivity contribution in [1.29, 1.82) is 0 Å². The largest absolute Gasteiger partial charge is 0.379 e. The number of rotatable bonds is 6. The predicted molar refractivity (Wildman–Crippen MR) is 95.8 cm³/mol. The second-order valence-corrected chi connectivity index (χ2v) is 8.69. The van der Waals surface area contributed by atoms with Crippen LogP contribution in [0.25, 0.3) is 0 Å². The van der Waals surface area contributed by atoms with Gasteiger partial charge in [-0.3, -0.25) is 4.90 Å². The molecule has 5 nitrogen and oxygen atoms in total. The maximum absolute atomic E-state index is 13.4. The number of sulfonamides is 1. The first-order chi connectivity index (χ1) is 12.0.